The second-order valence-electron chi connectivity index (χ2n) is 6.38. The summed E-state index contributed by atoms with van der Waals surface area (Å²) < 4.78 is 0. The van der Waals surface area contributed by atoms with Gasteiger partial charge in [-0.15, -0.1) is 0 Å². The summed E-state index contributed by atoms with van der Waals surface area (Å²) >= 11 is 0. The number of rotatable bonds is 7. The molecule has 0 fully saturated rings. The minimum atomic E-state index is -0.548. The zero-order valence-corrected chi connectivity index (χ0v) is 14.4. The summed E-state index contributed by atoms with van der Waals surface area (Å²) in [5.41, 5.74) is 6.08. The number of amides is 1. The average molecular weight is 353 g/mol. The number of pyridine rings is 1. The first kappa shape index (κ1) is 18.3. The minimum Gasteiger partial charge on any atom is -0.396 e. The van der Waals surface area contributed by atoms with E-state index in [1.807, 2.05) is 24.4 Å². The minimum absolute atomic E-state index is 0.0532. The number of nitrogens with one attached hydrogen (secondary N) is 2. The first-order chi connectivity index (χ1) is 12.7. The first-order valence-electron chi connectivity index (χ1n) is 8.73. The molecule has 2 aromatic rings. The molecule has 1 aromatic carbocycles. The van der Waals surface area contributed by atoms with Crippen LogP contribution in [0.5, 0.6) is 0 Å². The van der Waals surface area contributed by atoms with Gasteiger partial charge in [-0.05, 0) is 53.7 Å². The molecule has 0 spiro atoms. The van der Waals surface area contributed by atoms with Crippen LogP contribution in [-0.2, 0) is 11.2 Å². The third-order valence-electron chi connectivity index (χ3n) is 4.69. The molecule has 4 N–H and O–H groups in total. The zero-order chi connectivity index (χ0) is 18.4. The first-order valence-corrected chi connectivity index (χ1v) is 8.73. The van der Waals surface area contributed by atoms with Crippen LogP contribution in [0.4, 0.5) is 0 Å². The van der Waals surface area contributed by atoms with Gasteiger partial charge in [-0.25, -0.2) is 5.48 Å². The number of aliphatic hydroxyl groups excluding tert-OH is 1. The van der Waals surface area contributed by atoms with E-state index in [1.165, 1.54) is 17.2 Å². The molecule has 6 nitrogen and oxygen atoms in total. The maximum atomic E-state index is 11.1. The number of carbonyl (C=O) groups excluding carboxylic acids is 1. The monoisotopic (exact) mass is 353 g/mol. The van der Waals surface area contributed by atoms with Crippen LogP contribution >= 0.6 is 0 Å². The van der Waals surface area contributed by atoms with Crippen LogP contribution < -0.4 is 10.8 Å². The molecule has 0 aliphatic heterocycles. The number of carbonyl (C=O) groups is 1. The van der Waals surface area contributed by atoms with E-state index in [0.717, 1.165) is 24.0 Å². The molecule has 0 bridgehead atoms. The van der Waals surface area contributed by atoms with E-state index in [0.29, 0.717) is 6.42 Å². The summed E-state index contributed by atoms with van der Waals surface area (Å²) in [6.45, 7) is 0.114. The van der Waals surface area contributed by atoms with Crippen molar-refractivity contribution in [3.8, 4) is 0 Å². The van der Waals surface area contributed by atoms with Crippen LogP contribution in [0.15, 0.2) is 48.8 Å². The molecule has 2 unspecified atom stereocenters. The molecule has 0 radical (unpaired) electrons. The number of hydroxylamine groups is 1. The fraction of sp³-hybridized carbons (Fsp3) is 0.300. The van der Waals surface area contributed by atoms with Gasteiger partial charge >= 0.3 is 0 Å². The van der Waals surface area contributed by atoms with Gasteiger partial charge < -0.3 is 10.4 Å². The summed E-state index contributed by atoms with van der Waals surface area (Å²) in [5, 5.41) is 21.6. The fourth-order valence-electron chi connectivity index (χ4n) is 3.42. The fourth-order valence-corrected chi connectivity index (χ4v) is 3.42. The predicted octanol–water partition coefficient (Wildman–Crippen LogP) is 2.30. The van der Waals surface area contributed by atoms with Crippen molar-refractivity contribution in [2.45, 2.75) is 31.3 Å². The van der Waals surface area contributed by atoms with Crippen molar-refractivity contribution >= 4 is 12.0 Å². The lowest BCUT2D eigenvalue weighted by Gasteiger charge is -2.23. The number of hydrogen-bond donors (Lipinski definition) is 4. The Hall–Kier alpha value is -2.54. The second kappa shape index (κ2) is 8.71. The van der Waals surface area contributed by atoms with Crippen LogP contribution in [0.3, 0.4) is 0 Å². The second-order valence-corrected chi connectivity index (χ2v) is 6.38. The Morgan fingerprint density at radius 2 is 2.27 bits per heavy atom. The molecule has 1 aliphatic rings. The lowest BCUT2D eigenvalue weighted by molar-refractivity contribution is -0.124. The number of benzene rings is 1. The van der Waals surface area contributed by atoms with Crippen LogP contribution in [0, 0.1) is 0 Å². The Morgan fingerprint density at radius 3 is 3.00 bits per heavy atom. The topological polar surface area (TPSA) is 94.5 Å². The molecule has 0 saturated carbocycles. The van der Waals surface area contributed by atoms with Crippen molar-refractivity contribution in [2.24, 2.45) is 0 Å². The normalized spacial score (nSPS) is 17.2. The number of aryl methyl sites for hydroxylation is 1. The molecule has 2 atom stereocenters. The maximum absolute atomic E-state index is 11.1. The van der Waals surface area contributed by atoms with Crippen LogP contribution in [-0.4, -0.2) is 27.8 Å². The largest absolute Gasteiger partial charge is 0.396 e. The van der Waals surface area contributed by atoms with E-state index >= 15 is 0 Å². The summed E-state index contributed by atoms with van der Waals surface area (Å²) in [7, 11) is 0. The highest BCUT2D eigenvalue weighted by Crippen LogP contribution is 2.34. The van der Waals surface area contributed by atoms with Crippen LogP contribution in [0.1, 0.15) is 47.2 Å². The lowest BCUT2D eigenvalue weighted by atomic mass is 10.0. The molecule has 0 saturated heterocycles. The molecule has 1 aromatic heterocycles. The molecular weight excluding hydrogens is 330 g/mol. The van der Waals surface area contributed by atoms with Crippen molar-refractivity contribution in [2.75, 3.05) is 6.61 Å². The molecule has 1 amide bonds. The van der Waals surface area contributed by atoms with E-state index < -0.39 is 5.91 Å². The van der Waals surface area contributed by atoms with Gasteiger partial charge in [0, 0.05) is 37.2 Å². The van der Waals surface area contributed by atoms with Crippen molar-refractivity contribution in [1.29, 1.82) is 0 Å². The summed E-state index contributed by atoms with van der Waals surface area (Å²) in [5.74, 6) is -0.548. The summed E-state index contributed by atoms with van der Waals surface area (Å²) in [4.78, 5) is 15.3. The maximum Gasteiger partial charge on any atom is 0.267 e. The van der Waals surface area contributed by atoms with Gasteiger partial charge in [0.1, 0.15) is 0 Å². The van der Waals surface area contributed by atoms with Gasteiger partial charge in [-0.1, -0.05) is 24.3 Å². The SMILES string of the molecule is O=C(C=Cc1ccc2c(c1)CCC2NC(CCO)c1cccnc1)NO. The van der Waals surface area contributed by atoms with Crippen LogP contribution in [0.2, 0.25) is 0 Å². The van der Waals surface area contributed by atoms with E-state index in [-0.39, 0.29) is 18.7 Å². The van der Waals surface area contributed by atoms with Gasteiger partial charge in [0.25, 0.3) is 5.91 Å². The van der Waals surface area contributed by atoms with E-state index in [2.05, 4.69) is 22.4 Å². The number of fused-ring (bicyclic) bond motifs is 1. The van der Waals surface area contributed by atoms with Gasteiger partial charge in [-0.3, -0.25) is 15.0 Å². The Kier molecular flexibility index (Phi) is 6.12. The van der Waals surface area contributed by atoms with Gasteiger partial charge in [0.2, 0.25) is 0 Å². The number of hydrogen-bond acceptors (Lipinski definition) is 5. The third kappa shape index (κ3) is 4.35. The number of nitrogens with zero attached hydrogens (tertiary/aromatic N) is 1. The standard InChI is InChI=1S/C20H23N3O3/c24-11-9-18(16-2-1-10-21-13-16)22-19-7-5-15-12-14(3-6-17(15)19)4-8-20(25)23-26/h1-4,6,8,10,12-13,18-19,22,24,26H,5,7,9,11H2,(H,23,25). The predicted molar refractivity (Wildman–Crippen MR) is 98.3 cm³/mol. The Labute approximate surface area is 152 Å². The molecule has 6 heteroatoms. The van der Waals surface area contributed by atoms with Crippen molar-refractivity contribution < 1.29 is 15.1 Å². The molecule has 136 valence electrons. The molecule has 3 rings (SSSR count). The lowest BCUT2D eigenvalue weighted by Crippen LogP contribution is -2.26. The van der Waals surface area contributed by atoms with Crippen molar-refractivity contribution in [1.82, 2.24) is 15.8 Å². The van der Waals surface area contributed by atoms with Crippen molar-refractivity contribution in [3.63, 3.8) is 0 Å². The van der Waals surface area contributed by atoms with Crippen LogP contribution in [0.25, 0.3) is 6.08 Å². The smallest absolute Gasteiger partial charge is 0.267 e. The van der Waals surface area contributed by atoms with Gasteiger partial charge in [-0.2, -0.15) is 0 Å². The number of aromatic nitrogens is 1. The molecular formula is C20H23N3O3. The third-order valence-corrected chi connectivity index (χ3v) is 4.69. The van der Waals surface area contributed by atoms with Gasteiger partial charge in [0.05, 0.1) is 0 Å². The quantitative estimate of drug-likeness (QED) is 0.348. The zero-order valence-electron chi connectivity index (χ0n) is 14.4. The highest BCUT2D eigenvalue weighted by Gasteiger charge is 2.25. The van der Waals surface area contributed by atoms with Gasteiger partial charge in [0.15, 0.2) is 0 Å². The molecule has 1 heterocycles. The summed E-state index contributed by atoms with van der Waals surface area (Å²) in [6.07, 6.45) is 9.14. The molecule has 1 aliphatic carbocycles. The average Bonchev–Trinajstić information content (AvgIpc) is 3.08. The Morgan fingerprint density at radius 1 is 1.38 bits per heavy atom. The summed E-state index contributed by atoms with van der Waals surface area (Å²) in [6, 6.07) is 10.3. The Balaban J connectivity index is 1.74. The Bertz CT molecular complexity index is 777. The van der Waals surface area contributed by atoms with E-state index in [4.69, 9.17) is 5.21 Å². The molecule has 26 heavy (non-hydrogen) atoms. The van der Waals surface area contributed by atoms with E-state index in [9.17, 15) is 9.90 Å². The highest BCUT2D eigenvalue weighted by molar-refractivity contribution is 5.90. The van der Waals surface area contributed by atoms with Crippen molar-refractivity contribution in [3.05, 3.63) is 71.1 Å². The number of aliphatic hydroxyl groups is 1. The van der Waals surface area contributed by atoms with E-state index in [1.54, 1.807) is 17.8 Å². The highest BCUT2D eigenvalue weighted by atomic mass is 16.5.